The minimum absolute atomic E-state index is 0.0405. The Morgan fingerprint density at radius 2 is 2.11 bits per heavy atom. The Kier molecular flexibility index (Phi) is 3.37. The molecule has 1 fully saturated rings. The van der Waals surface area contributed by atoms with Gasteiger partial charge in [-0.3, -0.25) is 14.8 Å². The summed E-state index contributed by atoms with van der Waals surface area (Å²) in [6, 6.07) is 5.63. The molecule has 19 heavy (non-hydrogen) atoms. The molecule has 2 N–H and O–H groups in total. The third-order valence-corrected chi connectivity index (χ3v) is 3.36. The van der Waals surface area contributed by atoms with E-state index < -0.39 is 0 Å². The lowest BCUT2D eigenvalue weighted by Crippen LogP contribution is -2.45. The number of hydrogen-bond acceptors (Lipinski definition) is 4. The summed E-state index contributed by atoms with van der Waals surface area (Å²) in [5.74, 6) is -0.0405. The molecule has 0 spiro atoms. The van der Waals surface area contributed by atoms with Crippen LogP contribution in [0.15, 0.2) is 30.6 Å². The molecule has 1 atom stereocenters. The first-order valence-electron chi connectivity index (χ1n) is 6.55. The first kappa shape index (κ1) is 12.0. The molecule has 0 radical (unpaired) electrons. The number of nitrogens with zero attached hydrogens (tertiary/aromatic N) is 2. The number of hydrogen-bond donors (Lipinski definition) is 2. The Bertz CT molecular complexity index is 593. The van der Waals surface area contributed by atoms with E-state index >= 15 is 0 Å². The molecule has 2 heterocycles. The SMILES string of the molecule is O=C(NC1CCCNC1)c1ccc2nccnc2c1. The number of benzene rings is 1. The number of carbonyl (C=O) groups excluding carboxylic acids is 1. The number of piperidine rings is 1. The van der Waals surface area contributed by atoms with E-state index in [1.807, 2.05) is 6.07 Å². The van der Waals surface area contributed by atoms with Crippen LogP contribution in [0.25, 0.3) is 11.0 Å². The van der Waals surface area contributed by atoms with Crippen LogP contribution in [-0.2, 0) is 0 Å². The van der Waals surface area contributed by atoms with Crippen molar-refractivity contribution in [3.05, 3.63) is 36.2 Å². The van der Waals surface area contributed by atoms with Crippen molar-refractivity contribution < 1.29 is 4.79 Å². The van der Waals surface area contributed by atoms with E-state index in [9.17, 15) is 4.79 Å². The number of carbonyl (C=O) groups is 1. The largest absolute Gasteiger partial charge is 0.348 e. The standard InChI is InChI=1S/C14H16N4O/c19-14(18-11-2-1-5-15-9-11)10-3-4-12-13(8-10)17-7-6-16-12/h3-4,6-8,11,15H,1-2,5,9H2,(H,18,19). The summed E-state index contributed by atoms with van der Waals surface area (Å²) in [7, 11) is 0. The molecule has 5 heteroatoms. The second kappa shape index (κ2) is 5.32. The van der Waals surface area contributed by atoms with E-state index in [0.29, 0.717) is 5.56 Å². The molecule has 3 rings (SSSR count). The van der Waals surface area contributed by atoms with Gasteiger partial charge in [-0.25, -0.2) is 0 Å². The Hall–Kier alpha value is -2.01. The van der Waals surface area contributed by atoms with E-state index in [1.54, 1.807) is 24.5 Å². The number of nitrogens with one attached hydrogen (secondary N) is 2. The van der Waals surface area contributed by atoms with E-state index in [4.69, 9.17) is 0 Å². The summed E-state index contributed by atoms with van der Waals surface area (Å²) in [5, 5.41) is 6.33. The quantitative estimate of drug-likeness (QED) is 0.844. The fourth-order valence-corrected chi connectivity index (χ4v) is 2.35. The Morgan fingerprint density at radius 3 is 2.89 bits per heavy atom. The summed E-state index contributed by atoms with van der Waals surface area (Å²) in [6.07, 6.45) is 5.42. The molecule has 1 aromatic carbocycles. The maximum atomic E-state index is 12.2. The average Bonchev–Trinajstić information content (AvgIpc) is 2.48. The van der Waals surface area contributed by atoms with Crippen molar-refractivity contribution in [2.24, 2.45) is 0 Å². The topological polar surface area (TPSA) is 66.9 Å². The third kappa shape index (κ3) is 2.71. The van der Waals surface area contributed by atoms with Gasteiger partial charge in [0.1, 0.15) is 0 Å². The molecule has 5 nitrogen and oxygen atoms in total. The Labute approximate surface area is 111 Å². The van der Waals surface area contributed by atoms with E-state index in [-0.39, 0.29) is 11.9 Å². The van der Waals surface area contributed by atoms with Gasteiger partial charge in [0.15, 0.2) is 0 Å². The molecule has 98 valence electrons. The van der Waals surface area contributed by atoms with Crippen molar-refractivity contribution in [1.29, 1.82) is 0 Å². The third-order valence-electron chi connectivity index (χ3n) is 3.36. The molecule has 1 amide bonds. The fourth-order valence-electron chi connectivity index (χ4n) is 2.35. The minimum atomic E-state index is -0.0405. The van der Waals surface area contributed by atoms with Gasteiger partial charge in [0, 0.05) is 30.5 Å². The van der Waals surface area contributed by atoms with Crippen molar-refractivity contribution in [3.8, 4) is 0 Å². The van der Waals surface area contributed by atoms with Gasteiger partial charge in [-0.05, 0) is 37.6 Å². The van der Waals surface area contributed by atoms with Gasteiger partial charge in [-0.15, -0.1) is 0 Å². The Morgan fingerprint density at radius 1 is 1.26 bits per heavy atom. The van der Waals surface area contributed by atoms with Crippen LogP contribution in [0.4, 0.5) is 0 Å². The normalized spacial score (nSPS) is 19.3. The van der Waals surface area contributed by atoms with Crippen molar-refractivity contribution in [3.63, 3.8) is 0 Å². The summed E-state index contributed by atoms with van der Waals surface area (Å²) >= 11 is 0. The highest BCUT2D eigenvalue weighted by Crippen LogP contribution is 2.11. The second-order valence-electron chi connectivity index (χ2n) is 4.78. The van der Waals surface area contributed by atoms with Crippen LogP contribution in [0.1, 0.15) is 23.2 Å². The molecular formula is C14H16N4O. The summed E-state index contributed by atoms with van der Waals surface area (Å²) in [6.45, 7) is 1.89. The van der Waals surface area contributed by atoms with Crippen LogP contribution in [0.3, 0.4) is 0 Å². The zero-order chi connectivity index (χ0) is 13.1. The summed E-state index contributed by atoms with van der Waals surface area (Å²) in [5.41, 5.74) is 2.19. The number of fused-ring (bicyclic) bond motifs is 1. The van der Waals surface area contributed by atoms with Crippen molar-refractivity contribution in [1.82, 2.24) is 20.6 Å². The molecule has 1 unspecified atom stereocenters. The number of rotatable bonds is 2. The smallest absolute Gasteiger partial charge is 0.251 e. The minimum Gasteiger partial charge on any atom is -0.348 e. The van der Waals surface area contributed by atoms with Crippen LogP contribution in [0.2, 0.25) is 0 Å². The average molecular weight is 256 g/mol. The monoisotopic (exact) mass is 256 g/mol. The predicted molar refractivity (Wildman–Crippen MR) is 72.9 cm³/mol. The van der Waals surface area contributed by atoms with E-state index in [1.165, 1.54) is 0 Å². The van der Waals surface area contributed by atoms with Gasteiger partial charge in [0.25, 0.3) is 5.91 Å². The summed E-state index contributed by atoms with van der Waals surface area (Å²) < 4.78 is 0. The van der Waals surface area contributed by atoms with E-state index in [0.717, 1.165) is 37.0 Å². The maximum absolute atomic E-state index is 12.2. The van der Waals surface area contributed by atoms with Crippen molar-refractivity contribution in [2.75, 3.05) is 13.1 Å². The molecule has 0 saturated carbocycles. The molecule has 1 aliphatic heterocycles. The van der Waals surface area contributed by atoms with Gasteiger partial charge in [0.2, 0.25) is 0 Å². The Balaban J connectivity index is 1.77. The highest BCUT2D eigenvalue weighted by Gasteiger charge is 2.16. The maximum Gasteiger partial charge on any atom is 0.251 e. The van der Waals surface area contributed by atoms with Gasteiger partial charge < -0.3 is 10.6 Å². The second-order valence-corrected chi connectivity index (χ2v) is 4.78. The van der Waals surface area contributed by atoms with Crippen LogP contribution < -0.4 is 10.6 Å². The highest BCUT2D eigenvalue weighted by atomic mass is 16.1. The van der Waals surface area contributed by atoms with Gasteiger partial charge in [0.05, 0.1) is 11.0 Å². The van der Waals surface area contributed by atoms with Crippen molar-refractivity contribution >= 4 is 16.9 Å². The zero-order valence-electron chi connectivity index (χ0n) is 10.6. The van der Waals surface area contributed by atoms with Crippen LogP contribution in [0, 0.1) is 0 Å². The molecule has 0 aliphatic carbocycles. The lowest BCUT2D eigenvalue weighted by atomic mass is 10.1. The van der Waals surface area contributed by atoms with Crippen LogP contribution >= 0.6 is 0 Å². The van der Waals surface area contributed by atoms with Gasteiger partial charge in [-0.1, -0.05) is 0 Å². The van der Waals surface area contributed by atoms with Crippen LogP contribution in [0.5, 0.6) is 0 Å². The van der Waals surface area contributed by atoms with E-state index in [2.05, 4.69) is 20.6 Å². The molecule has 1 saturated heterocycles. The fraction of sp³-hybridized carbons (Fsp3) is 0.357. The highest BCUT2D eigenvalue weighted by molar-refractivity contribution is 5.97. The zero-order valence-corrected chi connectivity index (χ0v) is 10.6. The van der Waals surface area contributed by atoms with Crippen LogP contribution in [-0.4, -0.2) is 35.0 Å². The number of aromatic nitrogens is 2. The predicted octanol–water partition coefficient (Wildman–Crippen LogP) is 1.11. The molecular weight excluding hydrogens is 240 g/mol. The first-order chi connectivity index (χ1) is 9.33. The van der Waals surface area contributed by atoms with Gasteiger partial charge >= 0.3 is 0 Å². The molecule has 1 aliphatic rings. The summed E-state index contributed by atoms with van der Waals surface area (Å²) in [4.78, 5) is 20.6. The lowest BCUT2D eigenvalue weighted by Gasteiger charge is -2.23. The lowest BCUT2D eigenvalue weighted by molar-refractivity contribution is 0.0931. The molecule has 1 aromatic heterocycles. The van der Waals surface area contributed by atoms with Crippen molar-refractivity contribution in [2.45, 2.75) is 18.9 Å². The molecule has 0 bridgehead atoms. The number of amides is 1. The van der Waals surface area contributed by atoms with Gasteiger partial charge in [-0.2, -0.15) is 0 Å². The first-order valence-corrected chi connectivity index (χ1v) is 6.55. The molecule has 2 aromatic rings.